The van der Waals surface area contributed by atoms with Crippen LogP contribution >= 0.6 is 0 Å². The molecule has 0 atom stereocenters. The first-order chi connectivity index (χ1) is 14.1. The lowest BCUT2D eigenvalue weighted by molar-refractivity contribution is -0.119. The van der Waals surface area contributed by atoms with Crippen LogP contribution in [0.1, 0.15) is 16.7 Å². The van der Waals surface area contributed by atoms with E-state index in [0.29, 0.717) is 5.75 Å². The fraction of sp³-hybridized carbons (Fsp3) is 0.167. The highest BCUT2D eigenvalue weighted by molar-refractivity contribution is 5.90. The molecule has 0 unspecified atom stereocenters. The average molecular weight is 386 g/mol. The Balaban J connectivity index is 1.41. The van der Waals surface area contributed by atoms with E-state index in [1.165, 1.54) is 0 Å². The molecule has 2 aromatic carbocycles. The number of carbonyl (C=O) groups is 1. The average Bonchev–Trinajstić information content (AvgIpc) is 3.38. The Bertz CT molecular complexity index is 1170. The number of furan rings is 1. The number of hydrogen-bond donors (Lipinski definition) is 1. The molecule has 2 heterocycles. The second kappa shape index (κ2) is 8.19. The van der Waals surface area contributed by atoms with E-state index in [-0.39, 0.29) is 18.9 Å². The number of ether oxygens (including phenoxy) is 1. The Labute approximate surface area is 169 Å². The summed E-state index contributed by atoms with van der Waals surface area (Å²) >= 11 is 0. The van der Waals surface area contributed by atoms with E-state index in [9.17, 15) is 4.79 Å². The topological polar surface area (TPSA) is 67.6 Å². The summed E-state index contributed by atoms with van der Waals surface area (Å²) in [5, 5.41) is 1.15. The van der Waals surface area contributed by atoms with Crippen LogP contribution in [0.25, 0.3) is 22.2 Å². The van der Waals surface area contributed by atoms with E-state index in [4.69, 9.17) is 9.15 Å². The third-order valence-electron chi connectivity index (χ3n) is 4.67. The molecule has 0 amide bonds. The van der Waals surface area contributed by atoms with Crippen molar-refractivity contribution in [2.24, 2.45) is 4.99 Å². The zero-order chi connectivity index (χ0) is 20.2. The van der Waals surface area contributed by atoms with Crippen LogP contribution in [-0.4, -0.2) is 30.1 Å². The Morgan fingerprint density at radius 3 is 2.90 bits per heavy atom. The van der Waals surface area contributed by atoms with Crippen molar-refractivity contribution in [1.82, 2.24) is 4.98 Å². The van der Waals surface area contributed by atoms with Gasteiger partial charge in [-0.05, 0) is 66.3 Å². The van der Waals surface area contributed by atoms with Crippen molar-refractivity contribution >= 4 is 22.9 Å². The smallest absolute Gasteiger partial charge is 0.191 e. The molecule has 4 rings (SSSR count). The fourth-order valence-corrected chi connectivity index (χ4v) is 3.36. The number of rotatable bonds is 7. The highest BCUT2D eigenvalue weighted by atomic mass is 16.5. The molecule has 0 aliphatic carbocycles. The third-order valence-corrected chi connectivity index (χ3v) is 4.67. The molecule has 0 fully saturated rings. The maximum absolute atomic E-state index is 12.3. The minimum atomic E-state index is -0.0902. The Morgan fingerprint density at radius 2 is 2.07 bits per heavy atom. The number of carbonyl (C=O) groups excluding carboxylic acids is 1. The van der Waals surface area contributed by atoms with E-state index < -0.39 is 0 Å². The van der Waals surface area contributed by atoms with Crippen LogP contribution in [0.2, 0.25) is 0 Å². The number of nitrogens with one attached hydrogen (secondary N) is 1. The van der Waals surface area contributed by atoms with Gasteiger partial charge in [-0.25, -0.2) is 0 Å². The van der Waals surface area contributed by atoms with E-state index in [0.717, 1.165) is 38.9 Å². The van der Waals surface area contributed by atoms with Gasteiger partial charge in [0.25, 0.3) is 0 Å². The lowest BCUT2D eigenvalue weighted by atomic mass is 10.0. The summed E-state index contributed by atoms with van der Waals surface area (Å²) in [5.74, 6) is 1.30. The first-order valence-electron chi connectivity index (χ1n) is 9.47. The van der Waals surface area contributed by atoms with Crippen LogP contribution in [0.3, 0.4) is 0 Å². The first-order valence-corrected chi connectivity index (χ1v) is 9.47. The van der Waals surface area contributed by atoms with Crippen LogP contribution in [0.5, 0.6) is 5.75 Å². The van der Waals surface area contributed by atoms with Gasteiger partial charge in [0.2, 0.25) is 0 Å². The van der Waals surface area contributed by atoms with Crippen LogP contribution in [-0.2, 0) is 4.79 Å². The van der Waals surface area contributed by atoms with Gasteiger partial charge in [-0.3, -0.25) is 9.79 Å². The van der Waals surface area contributed by atoms with E-state index >= 15 is 0 Å². The molecule has 0 saturated heterocycles. The number of aliphatic imine (C=N–C) groups is 1. The molecule has 0 saturated carbocycles. The number of Topliss-reactive ketones (excluding diaryl/α,β-unsaturated/α-hetero) is 1. The van der Waals surface area contributed by atoms with Crippen LogP contribution in [0.15, 0.2) is 70.4 Å². The quantitative estimate of drug-likeness (QED) is 0.449. The van der Waals surface area contributed by atoms with Gasteiger partial charge in [0.1, 0.15) is 24.7 Å². The van der Waals surface area contributed by atoms with Gasteiger partial charge in [-0.2, -0.15) is 0 Å². The van der Waals surface area contributed by atoms with Gasteiger partial charge >= 0.3 is 0 Å². The Kier molecular flexibility index (Phi) is 5.29. The highest BCUT2D eigenvalue weighted by Gasteiger charge is 2.14. The van der Waals surface area contributed by atoms with Crippen molar-refractivity contribution in [3.8, 4) is 17.1 Å². The van der Waals surface area contributed by atoms with E-state index in [2.05, 4.69) is 9.98 Å². The van der Waals surface area contributed by atoms with Gasteiger partial charge in [-0.15, -0.1) is 0 Å². The normalized spacial score (nSPS) is 11.4. The number of ketones is 1. The molecule has 4 aromatic rings. The first kappa shape index (κ1) is 18.7. The molecule has 0 spiro atoms. The summed E-state index contributed by atoms with van der Waals surface area (Å²) in [5.41, 5.74) is 4.92. The molecule has 2 aromatic heterocycles. The van der Waals surface area contributed by atoms with Gasteiger partial charge < -0.3 is 14.1 Å². The molecular weight excluding hydrogens is 364 g/mol. The maximum Gasteiger partial charge on any atom is 0.191 e. The zero-order valence-corrected chi connectivity index (χ0v) is 16.4. The summed E-state index contributed by atoms with van der Waals surface area (Å²) in [4.78, 5) is 19.7. The largest absolute Gasteiger partial charge is 0.485 e. The standard InChI is InChI=1S/C24H22N2O3/c1-16-10-17(2)24(21(11-16)23-4-3-9-28-23)29-15-20(27)14-25-13-18-5-6-19-7-8-26-22(19)12-18/h3-13,26H,14-15H2,1-2H3. The van der Waals surface area contributed by atoms with Crippen molar-refractivity contribution in [1.29, 1.82) is 0 Å². The lowest BCUT2D eigenvalue weighted by Gasteiger charge is -2.13. The number of aromatic amines is 1. The number of hydrogen-bond acceptors (Lipinski definition) is 4. The number of H-pyrrole nitrogens is 1. The second-order valence-electron chi connectivity index (χ2n) is 7.06. The molecule has 5 nitrogen and oxygen atoms in total. The van der Waals surface area contributed by atoms with Crippen LogP contribution < -0.4 is 4.74 Å². The summed E-state index contributed by atoms with van der Waals surface area (Å²) in [6, 6.07) is 15.8. The van der Waals surface area contributed by atoms with Crippen LogP contribution in [0, 0.1) is 13.8 Å². The molecule has 0 aliphatic rings. The van der Waals surface area contributed by atoms with E-state index in [1.54, 1.807) is 12.5 Å². The molecule has 146 valence electrons. The number of nitrogens with zero attached hydrogens (tertiary/aromatic N) is 1. The van der Waals surface area contributed by atoms with Crippen molar-refractivity contribution in [3.05, 3.63) is 77.7 Å². The predicted octanol–water partition coefficient (Wildman–Crippen LogP) is 5.11. The van der Waals surface area contributed by atoms with Crippen molar-refractivity contribution in [3.63, 3.8) is 0 Å². The monoisotopic (exact) mass is 386 g/mol. The number of aryl methyl sites for hydroxylation is 2. The maximum atomic E-state index is 12.3. The summed E-state index contributed by atoms with van der Waals surface area (Å²) in [7, 11) is 0. The van der Waals surface area contributed by atoms with Gasteiger partial charge in [0, 0.05) is 17.9 Å². The van der Waals surface area contributed by atoms with Crippen LogP contribution in [0.4, 0.5) is 0 Å². The minimum absolute atomic E-state index is 0.0371. The molecular formula is C24H22N2O3. The second-order valence-corrected chi connectivity index (χ2v) is 7.06. The SMILES string of the molecule is Cc1cc(C)c(OCC(=O)CN=Cc2ccc3cc[nH]c3c2)c(-c2ccco2)c1. The molecule has 29 heavy (non-hydrogen) atoms. The molecule has 0 radical (unpaired) electrons. The summed E-state index contributed by atoms with van der Waals surface area (Å²) in [6.07, 6.45) is 5.24. The number of fused-ring (bicyclic) bond motifs is 1. The van der Waals surface area contributed by atoms with Gasteiger partial charge in [-0.1, -0.05) is 18.2 Å². The van der Waals surface area contributed by atoms with Gasteiger partial charge in [0.15, 0.2) is 5.78 Å². The summed E-state index contributed by atoms with van der Waals surface area (Å²) < 4.78 is 11.4. The van der Waals surface area contributed by atoms with Crippen molar-refractivity contribution in [2.75, 3.05) is 13.2 Å². The number of benzene rings is 2. The highest BCUT2D eigenvalue weighted by Crippen LogP contribution is 2.34. The molecule has 1 N–H and O–H groups in total. The summed E-state index contributed by atoms with van der Waals surface area (Å²) in [6.45, 7) is 4.02. The number of aromatic nitrogens is 1. The Morgan fingerprint density at radius 1 is 1.17 bits per heavy atom. The Hall–Kier alpha value is -3.60. The van der Waals surface area contributed by atoms with Crippen molar-refractivity contribution < 1.29 is 13.9 Å². The fourth-order valence-electron chi connectivity index (χ4n) is 3.36. The van der Waals surface area contributed by atoms with Crippen molar-refractivity contribution in [2.45, 2.75) is 13.8 Å². The van der Waals surface area contributed by atoms with E-state index in [1.807, 2.05) is 68.6 Å². The lowest BCUT2D eigenvalue weighted by Crippen LogP contribution is -2.15. The zero-order valence-electron chi connectivity index (χ0n) is 16.4. The third kappa shape index (κ3) is 4.29. The molecule has 0 aliphatic heterocycles. The predicted molar refractivity (Wildman–Crippen MR) is 115 cm³/mol. The molecule has 5 heteroatoms. The van der Waals surface area contributed by atoms with Gasteiger partial charge in [0.05, 0.1) is 11.8 Å². The minimum Gasteiger partial charge on any atom is -0.485 e. The molecule has 0 bridgehead atoms.